The first kappa shape index (κ1) is 22.4. The summed E-state index contributed by atoms with van der Waals surface area (Å²) in [6.07, 6.45) is -3.63. The van der Waals surface area contributed by atoms with Crippen LogP contribution in [-0.4, -0.2) is 19.2 Å². The van der Waals surface area contributed by atoms with Gasteiger partial charge in [-0.1, -0.05) is 24.8 Å². The van der Waals surface area contributed by atoms with E-state index in [1.54, 1.807) is 18.2 Å². The number of para-hydroxylation sites is 1. The van der Waals surface area contributed by atoms with E-state index < -0.39 is 35.7 Å². The first-order valence-corrected chi connectivity index (χ1v) is 9.49. The molecule has 10 heteroatoms. The van der Waals surface area contributed by atoms with Crippen LogP contribution in [0.15, 0.2) is 68.8 Å². The molecule has 31 heavy (non-hydrogen) atoms. The van der Waals surface area contributed by atoms with Gasteiger partial charge in [0.2, 0.25) is 11.2 Å². The molecule has 0 amide bonds. The van der Waals surface area contributed by atoms with E-state index in [4.69, 9.17) is 18.6 Å². The molecule has 0 fully saturated rings. The van der Waals surface area contributed by atoms with Crippen molar-refractivity contribution in [3.63, 3.8) is 0 Å². The van der Waals surface area contributed by atoms with Crippen molar-refractivity contribution in [3.8, 4) is 17.2 Å². The van der Waals surface area contributed by atoms with Crippen molar-refractivity contribution in [1.29, 1.82) is 0 Å². The summed E-state index contributed by atoms with van der Waals surface area (Å²) in [5, 5.41) is -0.156. The van der Waals surface area contributed by atoms with Crippen LogP contribution in [0.5, 0.6) is 17.2 Å². The van der Waals surface area contributed by atoms with Crippen molar-refractivity contribution in [2.75, 3.05) is 13.2 Å². The van der Waals surface area contributed by atoms with Gasteiger partial charge >= 0.3 is 12.1 Å². The van der Waals surface area contributed by atoms with Gasteiger partial charge < -0.3 is 18.6 Å². The predicted molar refractivity (Wildman–Crippen MR) is 108 cm³/mol. The van der Waals surface area contributed by atoms with Gasteiger partial charge in [-0.3, -0.25) is 4.79 Å². The van der Waals surface area contributed by atoms with E-state index in [9.17, 15) is 22.8 Å². The minimum absolute atomic E-state index is 0.00988. The fraction of sp³-hybridized carbons (Fsp3) is 0.143. The number of carbonyl (C=O) groups is 1. The minimum atomic E-state index is -5.00. The van der Waals surface area contributed by atoms with Gasteiger partial charge in [-0.15, -0.1) is 0 Å². The molecular formula is C21H14BrF3O6. The summed E-state index contributed by atoms with van der Waals surface area (Å²) in [6.45, 7) is 2.90. The third-order valence-corrected chi connectivity index (χ3v) is 4.50. The SMILES string of the molecule is C=CCOC(=O)COc1ccc2c(=O)c(Oc3ccccc3Br)c(C(F)(F)F)oc2c1. The maximum atomic E-state index is 13.6. The van der Waals surface area contributed by atoms with Crippen LogP contribution in [0.1, 0.15) is 5.76 Å². The lowest BCUT2D eigenvalue weighted by Crippen LogP contribution is -2.16. The Morgan fingerprint density at radius 1 is 1.19 bits per heavy atom. The zero-order valence-electron chi connectivity index (χ0n) is 15.7. The van der Waals surface area contributed by atoms with Gasteiger partial charge in [0, 0.05) is 6.07 Å². The summed E-state index contributed by atoms with van der Waals surface area (Å²) in [6, 6.07) is 9.74. The van der Waals surface area contributed by atoms with E-state index >= 15 is 0 Å². The van der Waals surface area contributed by atoms with Crippen molar-refractivity contribution < 1.29 is 36.6 Å². The van der Waals surface area contributed by atoms with E-state index in [0.717, 1.165) is 6.07 Å². The smallest absolute Gasteiger partial charge is 0.453 e. The number of alkyl halides is 3. The Hall–Kier alpha value is -3.27. The molecule has 0 N–H and O–H groups in total. The number of carbonyl (C=O) groups excluding carboxylic acids is 1. The minimum Gasteiger partial charge on any atom is -0.482 e. The standard InChI is InChI=1S/C21H14BrF3O6/c1-2-9-28-17(26)11-29-12-7-8-13-16(10-12)31-20(21(23,24)25)19(18(13)27)30-15-6-4-3-5-14(15)22/h2-8,10H,1,9,11H2. The summed E-state index contributed by atoms with van der Waals surface area (Å²) < 4.78 is 61.4. The zero-order chi connectivity index (χ0) is 22.6. The summed E-state index contributed by atoms with van der Waals surface area (Å²) >= 11 is 3.16. The number of hydrogen-bond donors (Lipinski definition) is 0. The maximum absolute atomic E-state index is 13.6. The Morgan fingerprint density at radius 2 is 1.94 bits per heavy atom. The van der Waals surface area contributed by atoms with Crippen LogP contribution in [0.25, 0.3) is 11.0 Å². The average molecular weight is 499 g/mol. The number of ether oxygens (including phenoxy) is 3. The van der Waals surface area contributed by atoms with Crippen molar-refractivity contribution in [1.82, 2.24) is 0 Å². The van der Waals surface area contributed by atoms with Crippen molar-refractivity contribution >= 4 is 32.9 Å². The van der Waals surface area contributed by atoms with Gasteiger partial charge in [-0.2, -0.15) is 13.2 Å². The highest BCUT2D eigenvalue weighted by Crippen LogP contribution is 2.39. The highest BCUT2D eigenvalue weighted by Gasteiger charge is 2.40. The highest BCUT2D eigenvalue weighted by molar-refractivity contribution is 9.10. The molecule has 0 aliphatic heterocycles. The van der Waals surface area contributed by atoms with Gasteiger partial charge in [-0.25, -0.2) is 4.79 Å². The molecular weight excluding hydrogens is 485 g/mol. The molecule has 0 unspecified atom stereocenters. The molecule has 0 atom stereocenters. The summed E-state index contributed by atoms with van der Waals surface area (Å²) in [4.78, 5) is 24.3. The van der Waals surface area contributed by atoms with Gasteiger partial charge in [0.25, 0.3) is 5.76 Å². The second-order valence-electron chi connectivity index (χ2n) is 6.04. The van der Waals surface area contributed by atoms with Crippen LogP contribution in [0.2, 0.25) is 0 Å². The Kier molecular flexibility index (Phi) is 6.69. The van der Waals surface area contributed by atoms with Gasteiger partial charge in [0.1, 0.15) is 23.7 Å². The van der Waals surface area contributed by atoms with Gasteiger partial charge in [0.05, 0.1) is 9.86 Å². The molecule has 0 radical (unpaired) electrons. The lowest BCUT2D eigenvalue weighted by atomic mass is 10.2. The van der Waals surface area contributed by atoms with Crippen molar-refractivity contribution in [2.45, 2.75) is 6.18 Å². The van der Waals surface area contributed by atoms with Crippen LogP contribution < -0.4 is 14.9 Å². The first-order chi connectivity index (χ1) is 14.7. The first-order valence-electron chi connectivity index (χ1n) is 8.70. The zero-order valence-corrected chi connectivity index (χ0v) is 17.3. The summed E-state index contributed by atoms with van der Waals surface area (Å²) in [5.74, 6) is -3.26. The fourth-order valence-corrected chi connectivity index (χ4v) is 2.86. The molecule has 3 aromatic rings. The molecule has 0 aliphatic carbocycles. The summed E-state index contributed by atoms with van der Waals surface area (Å²) in [5.41, 5.74) is -1.39. The number of esters is 1. The topological polar surface area (TPSA) is 75.0 Å². The molecule has 6 nitrogen and oxygen atoms in total. The molecule has 0 spiro atoms. The Labute approximate surface area is 182 Å². The monoisotopic (exact) mass is 498 g/mol. The lowest BCUT2D eigenvalue weighted by Gasteiger charge is -2.14. The molecule has 2 aromatic carbocycles. The van der Waals surface area contributed by atoms with E-state index in [-0.39, 0.29) is 29.1 Å². The number of rotatable bonds is 7. The normalized spacial score (nSPS) is 11.2. The van der Waals surface area contributed by atoms with Gasteiger partial charge in [0.15, 0.2) is 6.61 Å². The van der Waals surface area contributed by atoms with Crippen molar-refractivity contribution in [2.24, 2.45) is 0 Å². The van der Waals surface area contributed by atoms with E-state index in [1.165, 1.54) is 24.3 Å². The Morgan fingerprint density at radius 3 is 2.61 bits per heavy atom. The van der Waals surface area contributed by atoms with Crippen LogP contribution in [0.4, 0.5) is 13.2 Å². The average Bonchev–Trinajstić information content (AvgIpc) is 2.73. The van der Waals surface area contributed by atoms with Crippen LogP contribution in [0.3, 0.4) is 0 Å². The molecule has 1 aromatic heterocycles. The van der Waals surface area contributed by atoms with E-state index in [1.807, 2.05) is 0 Å². The maximum Gasteiger partial charge on any atom is 0.453 e. The quantitative estimate of drug-likeness (QED) is 0.317. The third-order valence-electron chi connectivity index (χ3n) is 3.85. The molecule has 1 heterocycles. The lowest BCUT2D eigenvalue weighted by molar-refractivity contribution is -0.154. The van der Waals surface area contributed by atoms with Crippen LogP contribution >= 0.6 is 15.9 Å². The highest BCUT2D eigenvalue weighted by atomic mass is 79.9. The fourth-order valence-electron chi connectivity index (χ4n) is 2.50. The molecule has 162 valence electrons. The second kappa shape index (κ2) is 9.25. The van der Waals surface area contributed by atoms with Crippen molar-refractivity contribution in [3.05, 3.63) is 75.6 Å². The molecule has 0 saturated carbocycles. The van der Waals surface area contributed by atoms with E-state index in [0.29, 0.717) is 4.47 Å². The van der Waals surface area contributed by atoms with Gasteiger partial charge in [-0.05, 0) is 40.2 Å². The molecule has 0 aliphatic rings. The number of hydrogen-bond acceptors (Lipinski definition) is 6. The van der Waals surface area contributed by atoms with Crippen LogP contribution in [0, 0.1) is 0 Å². The Bertz CT molecular complexity index is 1190. The molecule has 3 rings (SSSR count). The number of fused-ring (bicyclic) bond motifs is 1. The molecule has 0 bridgehead atoms. The second-order valence-corrected chi connectivity index (χ2v) is 6.89. The van der Waals surface area contributed by atoms with E-state index in [2.05, 4.69) is 22.5 Å². The molecule has 0 saturated heterocycles. The van der Waals surface area contributed by atoms with Crippen LogP contribution in [-0.2, 0) is 15.7 Å². The Balaban J connectivity index is 2.01. The number of halogens is 4. The summed E-state index contributed by atoms with van der Waals surface area (Å²) in [7, 11) is 0. The predicted octanol–water partition coefficient (Wildman–Crippen LogP) is 5.47. The largest absolute Gasteiger partial charge is 0.482 e. The number of benzene rings is 2. The third kappa shape index (κ3) is 5.26.